The molecular formula is C21H27NO2S. The third kappa shape index (κ3) is 6.48. The van der Waals surface area contributed by atoms with Crippen molar-refractivity contribution in [2.24, 2.45) is 0 Å². The topological polar surface area (TPSA) is 46.2 Å². The normalized spacial score (nSPS) is 13.2. The molecular weight excluding hydrogens is 330 g/mol. The maximum Gasteiger partial charge on any atom is 0.240 e. The summed E-state index contributed by atoms with van der Waals surface area (Å²) in [7, 11) is -3.49. The first-order chi connectivity index (χ1) is 12.0. The fourth-order valence-corrected chi connectivity index (χ4v) is 3.90. The van der Waals surface area contributed by atoms with Crippen molar-refractivity contribution in [1.29, 1.82) is 0 Å². The number of rotatable bonds is 9. The lowest BCUT2D eigenvalue weighted by molar-refractivity contribution is 0.514. The van der Waals surface area contributed by atoms with Crippen LogP contribution >= 0.6 is 0 Å². The summed E-state index contributed by atoms with van der Waals surface area (Å²) in [5, 5.41) is 0. The first-order valence-corrected chi connectivity index (χ1v) is 10.3. The van der Waals surface area contributed by atoms with E-state index in [0.717, 1.165) is 30.4 Å². The number of unbranched alkanes of at least 4 members (excludes halogenated alkanes) is 1. The summed E-state index contributed by atoms with van der Waals surface area (Å²) in [5.74, 6) is 0. The molecule has 0 saturated carbocycles. The highest BCUT2D eigenvalue weighted by Crippen LogP contribution is 2.14. The zero-order valence-corrected chi connectivity index (χ0v) is 15.8. The van der Waals surface area contributed by atoms with E-state index in [1.165, 1.54) is 0 Å². The van der Waals surface area contributed by atoms with Gasteiger partial charge < -0.3 is 0 Å². The van der Waals surface area contributed by atoms with Gasteiger partial charge in [-0.3, -0.25) is 0 Å². The van der Waals surface area contributed by atoms with Gasteiger partial charge in [-0.15, -0.1) is 0 Å². The molecule has 0 aliphatic heterocycles. The molecule has 1 atom stereocenters. The predicted molar refractivity (Wildman–Crippen MR) is 105 cm³/mol. The van der Waals surface area contributed by atoms with Crippen molar-refractivity contribution in [2.75, 3.05) is 0 Å². The van der Waals surface area contributed by atoms with Crippen molar-refractivity contribution in [2.45, 2.75) is 50.5 Å². The van der Waals surface area contributed by atoms with Gasteiger partial charge in [-0.25, -0.2) is 13.1 Å². The largest absolute Gasteiger partial charge is 0.240 e. The van der Waals surface area contributed by atoms with Crippen LogP contribution in [0.5, 0.6) is 0 Å². The van der Waals surface area contributed by atoms with E-state index in [1.54, 1.807) is 12.1 Å². The minimum atomic E-state index is -3.49. The molecule has 0 heterocycles. The Balaban J connectivity index is 2.05. The second kappa shape index (κ2) is 9.54. The van der Waals surface area contributed by atoms with Gasteiger partial charge in [0.2, 0.25) is 10.0 Å². The summed E-state index contributed by atoms with van der Waals surface area (Å²) in [6.07, 6.45) is 7.65. The number of nitrogens with one attached hydrogen (secondary N) is 1. The van der Waals surface area contributed by atoms with Gasteiger partial charge in [-0.05, 0) is 37.5 Å². The Morgan fingerprint density at radius 3 is 2.36 bits per heavy atom. The van der Waals surface area contributed by atoms with Crippen LogP contribution in [0, 0.1) is 6.92 Å². The predicted octanol–water partition coefficient (Wildman–Crippen LogP) is 4.94. The van der Waals surface area contributed by atoms with Gasteiger partial charge in [0.25, 0.3) is 0 Å². The van der Waals surface area contributed by atoms with Crippen LogP contribution in [-0.4, -0.2) is 14.5 Å². The van der Waals surface area contributed by atoms with E-state index in [1.807, 2.05) is 61.5 Å². The molecule has 1 N–H and O–H groups in total. The molecule has 3 nitrogen and oxygen atoms in total. The molecule has 2 rings (SSSR count). The fraction of sp³-hybridized carbons (Fsp3) is 0.333. The molecule has 0 bridgehead atoms. The van der Waals surface area contributed by atoms with E-state index in [0.29, 0.717) is 11.3 Å². The monoisotopic (exact) mass is 357 g/mol. The summed E-state index contributed by atoms with van der Waals surface area (Å²) in [6.45, 7) is 4.06. The van der Waals surface area contributed by atoms with Crippen molar-refractivity contribution >= 4 is 16.1 Å². The Bertz CT molecular complexity index is 765. The zero-order chi connectivity index (χ0) is 18.1. The Morgan fingerprint density at radius 2 is 1.72 bits per heavy atom. The van der Waals surface area contributed by atoms with Crippen LogP contribution in [0.15, 0.2) is 65.6 Å². The first kappa shape index (κ1) is 19.4. The van der Waals surface area contributed by atoms with Gasteiger partial charge in [0, 0.05) is 6.04 Å². The van der Waals surface area contributed by atoms with Gasteiger partial charge in [0.1, 0.15) is 0 Å². The zero-order valence-electron chi connectivity index (χ0n) is 15.0. The lowest BCUT2D eigenvalue weighted by atomic mass is 10.1. The summed E-state index contributed by atoms with van der Waals surface area (Å²) in [6, 6.07) is 16.9. The van der Waals surface area contributed by atoms with E-state index in [4.69, 9.17) is 0 Å². The standard InChI is InChI=1S/C21H27NO2S/c1-3-4-12-20(13-8-11-19-9-6-5-7-10-19)22-25(23,24)21-16-14-18(2)15-17-21/h5-11,14-17,20,22H,3-4,12-13H2,1-2H3/b11-8+. The molecule has 0 aromatic heterocycles. The number of aryl methyl sites for hydroxylation is 1. The molecule has 0 aliphatic carbocycles. The van der Waals surface area contributed by atoms with E-state index in [9.17, 15) is 8.42 Å². The molecule has 0 amide bonds. The second-order valence-corrected chi connectivity index (χ2v) is 8.04. The lowest BCUT2D eigenvalue weighted by Gasteiger charge is -2.17. The maximum atomic E-state index is 12.6. The molecule has 0 fully saturated rings. The maximum absolute atomic E-state index is 12.6. The quantitative estimate of drug-likeness (QED) is 0.691. The Labute approximate surface area is 151 Å². The SMILES string of the molecule is CCCCC(C/C=C/c1ccccc1)NS(=O)(=O)c1ccc(C)cc1. The van der Waals surface area contributed by atoms with Gasteiger partial charge in [-0.1, -0.05) is 79.9 Å². The average molecular weight is 358 g/mol. The minimum absolute atomic E-state index is 0.0915. The van der Waals surface area contributed by atoms with Crippen molar-refractivity contribution in [3.05, 3.63) is 71.8 Å². The lowest BCUT2D eigenvalue weighted by Crippen LogP contribution is -2.34. The van der Waals surface area contributed by atoms with Gasteiger partial charge in [0.15, 0.2) is 0 Å². The Hall–Kier alpha value is -1.91. The van der Waals surface area contributed by atoms with E-state index >= 15 is 0 Å². The van der Waals surface area contributed by atoms with E-state index in [2.05, 4.69) is 11.6 Å². The summed E-state index contributed by atoms with van der Waals surface area (Å²) < 4.78 is 28.1. The van der Waals surface area contributed by atoms with Crippen LogP contribution in [0.3, 0.4) is 0 Å². The van der Waals surface area contributed by atoms with Crippen LogP contribution in [-0.2, 0) is 10.0 Å². The second-order valence-electron chi connectivity index (χ2n) is 6.32. The minimum Gasteiger partial charge on any atom is -0.208 e. The number of benzene rings is 2. The summed E-state index contributed by atoms with van der Waals surface area (Å²) in [5.41, 5.74) is 2.17. The van der Waals surface area contributed by atoms with Crippen LogP contribution in [0.4, 0.5) is 0 Å². The molecule has 134 valence electrons. The molecule has 0 aliphatic rings. The molecule has 1 unspecified atom stereocenters. The van der Waals surface area contributed by atoms with Gasteiger partial charge in [-0.2, -0.15) is 0 Å². The molecule has 2 aromatic carbocycles. The van der Waals surface area contributed by atoms with E-state index in [-0.39, 0.29) is 6.04 Å². The van der Waals surface area contributed by atoms with Gasteiger partial charge >= 0.3 is 0 Å². The molecule has 25 heavy (non-hydrogen) atoms. The molecule has 2 aromatic rings. The highest BCUT2D eigenvalue weighted by atomic mass is 32.2. The third-order valence-electron chi connectivity index (χ3n) is 4.09. The molecule has 0 spiro atoms. The molecule has 4 heteroatoms. The summed E-state index contributed by atoms with van der Waals surface area (Å²) >= 11 is 0. The Morgan fingerprint density at radius 1 is 1.04 bits per heavy atom. The van der Waals surface area contributed by atoms with Crippen LogP contribution < -0.4 is 4.72 Å². The first-order valence-electron chi connectivity index (χ1n) is 8.82. The van der Waals surface area contributed by atoms with Crippen molar-refractivity contribution < 1.29 is 8.42 Å². The number of hydrogen-bond donors (Lipinski definition) is 1. The van der Waals surface area contributed by atoms with Crippen LogP contribution in [0.1, 0.15) is 43.7 Å². The highest BCUT2D eigenvalue weighted by molar-refractivity contribution is 7.89. The van der Waals surface area contributed by atoms with Crippen molar-refractivity contribution in [3.63, 3.8) is 0 Å². The highest BCUT2D eigenvalue weighted by Gasteiger charge is 2.18. The molecule has 0 radical (unpaired) electrons. The van der Waals surface area contributed by atoms with Gasteiger partial charge in [0.05, 0.1) is 4.90 Å². The Kier molecular flexibility index (Phi) is 7.41. The fourth-order valence-electron chi connectivity index (χ4n) is 2.61. The smallest absolute Gasteiger partial charge is 0.208 e. The third-order valence-corrected chi connectivity index (χ3v) is 5.63. The number of sulfonamides is 1. The summed E-state index contributed by atoms with van der Waals surface area (Å²) in [4.78, 5) is 0.326. The van der Waals surface area contributed by atoms with Crippen LogP contribution in [0.25, 0.3) is 6.08 Å². The average Bonchev–Trinajstić information content (AvgIpc) is 2.60. The van der Waals surface area contributed by atoms with E-state index < -0.39 is 10.0 Å². The number of hydrogen-bond acceptors (Lipinski definition) is 2. The molecule has 0 saturated heterocycles. The van der Waals surface area contributed by atoms with Crippen molar-refractivity contribution in [3.8, 4) is 0 Å². The van der Waals surface area contributed by atoms with Crippen LogP contribution in [0.2, 0.25) is 0 Å². The van der Waals surface area contributed by atoms with Crippen molar-refractivity contribution in [1.82, 2.24) is 4.72 Å².